The van der Waals surface area contributed by atoms with Crippen LogP contribution in [-0.4, -0.2) is 47.1 Å². The highest BCUT2D eigenvalue weighted by atomic mass is 35.5. The quantitative estimate of drug-likeness (QED) is 0.432. The molecular formula is C22H19ClF2N4O3. The molecule has 10 heteroatoms. The van der Waals surface area contributed by atoms with Gasteiger partial charge in [0, 0.05) is 24.4 Å². The van der Waals surface area contributed by atoms with Gasteiger partial charge in [0.15, 0.2) is 17.3 Å². The fraction of sp³-hybridized carbons (Fsp3) is 0.227. The number of nitrogens with zero attached hydrogens (tertiary/aromatic N) is 3. The topological polar surface area (TPSA) is 76.6 Å². The molecule has 0 spiro atoms. The summed E-state index contributed by atoms with van der Waals surface area (Å²) in [5.41, 5.74) is 0.485. The van der Waals surface area contributed by atoms with E-state index in [9.17, 15) is 13.6 Å². The van der Waals surface area contributed by atoms with Gasteiger partial charge >= 0.3 is 0 Å². The molecule has 32 heavy (non-hydrogen) atoms. The van der Waals surface area contributed by atoms with Gasteiger partial charge in [0.25, 0.3) is 0 Å². The molecule has 7 nitrogen and oxygen atoms in total. The van der Waals surface area contributed by atoms with Crippen molar-refractivity contribution in [3.8, 4) is 11.5 Å². The number of fused-ring (bicyclic) bond motifs is 1. The molecule has 3 aromatic rings. The van der Waals surface area contributed by atoms with Crippen molar-refractivity contribution in [3.05, 3.63) is 59.9 Å². The molecule has 1 aliphatic heterocycles. The lowest BCUT2D eigenvalue weighted by Crippen LogP contribution is -2.29. The summed E-state index contributed by atoms with van der Waals surface area (Å²) in [6.07, 6.45) is 2.99. The van der Waals surface area contributed by atoms with Crippen LogP contribution < -0.4 is 14.8 Å². The first-order valence-electron chi connectivity index (χ1n) is 9.72. The molecular weight excluding hydrogens is 442 g/mol. The van der Waals surface area contributed by atoms with E-state index in [0.29, 0.717) is 41.9 Å². The fourth-order valence-electron chi connectivity index (χ4n) is 3.50. The monoisotopic (exact) mass is 460 g/mol. The molecule has 1 aliphatic rings. The van der Waals surface area contributed by atoms with Gasteiger partial charge in [-0.1, -0.05) is 18.2 Å². The van der Waals surface area contributed by atoms with Crippen molar-refractivity contribution in [2.45, 2.75) is 12.5 Å². The minimum atomic E-state index is -0.929. The number of carbonyl (C=O) groups excluding carboxylic acids is 1. The number of hydrogen-bond donors (Lipinski definition) is 1. The number of halogens is 3. The molecule has 1 atom stereocenters. The van der Waals surface area contributed by atoms with Crippen LogP contribution in [-0.2, 0) is 4.79 Å². The number of anilines is 2. The molecule has 0 saturated carbocycles. The van der Waals surface area contributed by atoms with E-state index in [1.807, 2.05) is 0 Å². The van der Waals surface area contributed by atoms with Crippen molar-refractivity contribution in [2.24, 2.45) is 0 Å². The molecule has 1 N–H and O–H groups in total. The number of amides is 1. The largest absolute Gasteiger partial charge is 0.493 e. The highest BCUT2D eigenvalue weighted by Gasteiger charge is 2.27. The van der Waals surface area contributed by atoms with Crippen molar-refractivity contribution < 1.29 is 23.0 Å². The molecule has 2 heterocycles. The molecule has 1 aromatic heterocycles. The average Bonchev–Trinajstić information content (AvgIpc) is 3.27. The van der Waals surface area contributed by atoms with Gasteiger partial charge in [-0.3, -0.25) is 4.79 Å². The fourth-order valence-corrected chi connectivity index (χ4v) is 3.66. The molecule has 1 amide bonds. The van der Waals surface area contributed by atoms with Gasteiger partial charge < -0.3 is 19.7 Å². The number of likely N-dealkylation sites (tertiary alicyclic amines) is 1. The van der Waals surface area contributed by atoms with Crippen LogP contribution in [0.2, 0.25) is 5.02 Å². The normalized spacial score (nSPS) is 15.6. The van der Waals surface area contributed by atoms with Crippen LogP contribution in [0.15, 0.2) is 43.2 Å². The summed E-state index contributed by atoms with van der Waals surface area (Å²) < 4.78 is 39.4. The molecule has 0 aliphatic carbocycles. The second-order valence-corrected chi connectivity index (χ2v) is 7.49. The van der Waals surface area contributed by atoms with Crippen molar-refractivity contribution in [2.75, 3.05) is 25.5 Å². The van der Waals surface area contributed by atoms with E-state index < -0.39 is 16.7 Å². The zero-order valence-electron chi connectivity index (χ0n) is 17.1. The van der Waals surface area contributed by atoms with E-state index in [-0.39, 0.29) is 23.5 Å². The van der Waals surface area contributed by atoms with Gasteiger partial charge in [-0.25, -0.2) is 18.7 Å². The number of aromatic nitrogens is 2. The lowest BCUT2D eigenvalue weighted by molar-refractivity contribution is -0.125. The SMILES string of the molecule is C=CC(=O)N1CC[C@H](Oc2cc3c(Nc4ccc(F)c(Cl)c4F)ncnc3cc2OC)C1. The molecule has 0 bridgehead atoms. The van der Waals surface area contributed by atoms with Gasteiger partial charge in [-0.15, -0.1) is 0 Å². The number of benzene rings is 2. The second kappa shape index (κ2) is 8.96. The first-order chi connectivity index (χ1) is 15.4. The maximum Gasteiger partial charge on any atom is 0.246 e. The highest BCUT2D eigenvalue weighted by molar-refractivity contribution is 6.31. The summed E-state index contributed by atoms with van der Waals surface area (Å²) in [6.45, 7) is 4.49. The Balaban J connectivity index is 1.67. The Morgan fingerprint density at radius 3 is 2.88 bits per heavy atom. The highest BCUT2D eigenvalue weighted by Crippen LogP contribution is 2.37. The molecule has 4 rings (SSSR count). The van der Waals surface area contributed by atoms with Crippen LogP contribution >= 0.6 is 11.6 Å². The Bertz CT molecular complexity index is 1210. The Hall–Kier alpha value is -3.46. The van der Waals surface area contributed by atoms with E-state index in [2.05, 4.69) is 21.9 Å². The molecule has 1 fully saturated rings. The smallest absolute Gasteiger partial charge is 0.246 e. The van der Waals surface area contributed by atoms with Crippen LogP contribution in [0.25, 0.3) is 10.9 Å². The van der Waals surface area contributed by atoms with Crippen LogP contribution in [0.5, 0.6) is 11.5 Å². The molecule has 2 aromatic carbocycles. The minimum absolute atomic E-state index is 0.0379. The van der Waals surface area contributed by atoms with E-state index in [1.165, 1.54) is 25.6 Å². The predicted octanol–water partition coefficient (Wildman–Crippen LogP) is 4.48. The molecule has 1 saturated heterocycles. The van der Waals surface area contributed by atoms with Crippen molar-refractivity contribution in [1.82, 2.24) is 14.9 Å². The maximum absolute atomic E-state index is 14.4. The first kappa shape index (κ1) is 21.8. The Labute approximate surface area is 187 Å². The Morgan fingerprint density at radius 1 is 1.31 bits per heavy atom. The molecule has 0 unspecified atom stereocenters. The minimum Gasteiger partial charge on any atom is -0.493 e. The van der Waals surface area contributed by atoms with Crippen LogP contribution in [0.3, 0.4) is 0 Å². The van der Waals surface area contributed by atoms with Gasteiger partial charge in [0.05, 0.1) is 24.9 Å². The zero-order valence-corrected chi connectivity index (χ0v) is 17.8. The standard InChI is InChI=1S/C22H19ClF2N4O3/c1-3-19(30)29-7-6-12(10-29)32-18-8-13-16(9-17(18)31-2)26-11-27-22(13)28-15-5-4-14(24)20(23)21(15)25/h3-5,8-9,11-12H,1,6-7,10H2,2H3,(H,26,27,28)/t12-/m0/s1. The third kappa shape index (κ3) is 4.16. The summed E-state index contributed by atoms with van der Waals surface area (Å²) in [5, 5.41) is 2.75. The van der Waals surface area contributed by atoms with Crippen LogP contribution in [0, 0.1) is 11.6 Å². The van der Waals surface area contributed by atoms with E-state index >= 15 is 0 Å². The number of hydrogen-bond acceptors (Lipinski definition) is 6. The predicted molar refractivity (Wildman–Crippen MR) is 117 cm³/mol. The van der Waals surface area contributed by atoms with Gasteiger partial charge in [0.1, 0.15) is 29.1 Å². The lowest BCUT2D eigenvalue weighted by Gasteiger charge is -2.18. The Morgan fingerprint density at radius 2 is 2.12 bits per heavy atom. The first-order valence-corrected chi connectivity index (χ1v) is 10.1. The van der Waals surface area contributed by atoms with Crippen molar-refractivity contribution >= 4 is 39.9 Å². The number of methoxy groups -OCH3 is 1. The molecule has 0 radical (unpaired) electrons. The summed E-state index contributed by atoms with van der Waals surface area (Å²) >= 11 is 5.68. The van der Waals surface area contributed by atoms with E-state index in [1.54, 1.807) is 17.0 Å². The number of ether oxygens (including phenoxy) is 2. The summed E-state index contributed by atoms with van der Waals surface area (Å²) in [7, 11) is 1.51. The van der Waals surface area contributed by atoms with Crippen molar-refractivity contribution in [3.63, 3.8) is 0 Å². The van der Waals surface area contributed by atoms with Crippen molar-refractivity contribution in [1.29, 1.82) is 0 Å². The van der Waals surface area contributed by atoms with E-state index in [0.717, 1.165) is 6.07 Å². The average molecular weight is 461 g/mol. The lowest BCUT2D eigenvalue weighted by atomic mass is 10.2. The second-order valence-electron chi connectivity index (χ2n) is 7.11. The van der Waals surface area contributed by atoms with Crippen LogP contribution in [0.4, 0.5) is 20.3 Å². The Kier molecular flexibility index (Phi) is 6.09. The summed E-state index contributed by atoms with van der Waals surface area (Å²) in [4.78, 5) is 21.9. The third-order valence-electron chi connectivity index (χ3n) is 5.13. The number of nitrogens with one attached hydrogen (secondary N) is 1. The summed E-state index contributed by atoms with van der Waals surface area (Å²) in [5.74, 6) is -0.787. The number of carbonyl (C=O) groups is 1. The van der Waals surface area contributed by atoms with Gasteiger partial charge in [-0.2, -0.15) is 0 Å². The number of rotatable bonds is 6. The van der Waals surface area contributed by atoms with Gasteiger partial charge in [0.2, 0.25) is 5.91 Å². The zero-order chi connectivity index (χ0) is 22.8. The maximum atomic E-state index is 14.4. The third-order valence-corrected chi connectivity index (χ3v) is 5.48. The van der Waals surface area contributed by atoms with E-state index in [4.69, 9.17) is 21.1 Å². The van der Waals surface area contributed by atoms with Gasteiger partial charge in [-0.05, 0) is 24.3 Å². The molecule has 166 valence electrons. The summed E-state index contributed by atoms with van der Waals surface area (Å²) in [6, 6.07) is 5.64. The van der Waals surface area contributed by atoms with Crippen LogP contribution in [0.1, 0.15) is 6.42 Å².